The molecular formula is C9H16N2O. The summed E-state index contributed by atoms with van der Waals surface area (Å²) in [5.41, 5.74) is 5.25. The summed E-state index contributed by atoms with van der Waals surface area (Å²) in [6, 6.07) is 0.536. The largest absolute Gasteiger partial charge is 0.368 e. The van der Waals surface area contributed by atoms with Crippen LogP contribution in [0.5, 0.6) is 0 Å². The summed E-state index contributed by atoms with van der Waals surface area (Å²) in [5.74, 6) is 0.542. The molecule has 0 bridgehead atoms. The Labute approximate surface area is 72.7 Å². The fourth-order valence-electron chi connectivity index (χ4n) is 2.54. The van der Waals surface area contributed by atoms with E-state index in [2.05, 4.69) is 5.32 Å². The van der Waals surface area contributed by atoms with Gasteiger partial charge in [-0.05, 0) is 25.2 Å². The molecule has 3 atom stereocenters. The van der Waals surface area contributed by atoms with Gasteiger partial charge in [0.2, 0.25) is 5.91 Å². The molecule has 2 fully saturated rings. The third kappa shape index (κ3) is 1.33. The van der Waals surface area contributed by atoms with Crippen LogP contribution in [0, 0.1) is 5.92 Å². The van der Waals surface area contributed by atoms with Crippen LogP contribution in [-0.2, 0) is 4.79 Å². The van der Waals surface area contributed by atoms with Crippen LogP contribution in [0.1, 0.15) is 32.1 Å². The van der Waals surface area contributed by atoms with Crippen molar-refractivity contribution in [1.29, 1.82) is 0 Å². The minimum atomic E-state index is -0.176. The fourth-order valence-corrected chi connectivity index (χ4v) is 2.54. The summed E-state index contributed by atoms with van der Waals surface area (Å²) >= 11 is 0. The van der Waals surface area contributed by atoms with Crippen LogP contribution >= 0.6 is 0 Å². The molecule has 3 heteroatoms. The average molecular weight is 168 g/mol. The highest BCUT2D eigenvalue weighted by Crippen LogP contribution is 2.32. The summed E-state index contributed by atoms with van der Waals surface area (Å²) in [4.78, 5) is 10.9. The highest BCUT2D eigenvalue weighted by Gasteiger charge is 2.37. The number of nitrogens with two attached hydrogens (primary N) is 1. The first-order chi connectivity index (χ1) is 5.77. The minimum absolute atomic E-state index is 0.0434. The SMILES string of the molecule is NC(=O)C1CC2CCCCC2N1. The standard InChI is InChI=1S/C9H16N2O/c10-9(12)8-5-6-3-1-2-4-7(6)11-8/h6-8,11H,1-5H2,(H2,10,12). The van der Waals surface area contributed by atoms with Crippen molar-refractivity contribution in [3.63, 3.8) is 0 Å². The van der Waals surface area contributed by atoms with Crippen molar-refractivity contribution in [3.8, 4) is 0 Å². The quantitative estimate of drug-likeness (QED) is 0.595. The molecule has 1 saturated carbocycles. The number of primary amides is 1. The van der Waals surface area contributed by atoms with E-state index in [0.717, 1.165) is 12.3 Å². The van der Waals surface area contributed by atoms with Gasteiger partial charge in [0.05, 0.1) is 6.04 Å². The van der Waals surface area contributed by atoms with Gasteiger partial charge in [-0.2, -0.15) is 0 Å². The summed E-state index contributed by atoms with van der Waals surface area (Å²) < 4.78 is 0. The Bertz CT molecular complexity index is 179. The van der Waals surface area contributed by atoms with Gasteiger partial charge in [-0.25, -0.2) is 0 Å². The van der Waals surface area contributed by atoms with Gasteiger partial charge >= 0.3 is 0 Å². The lowest BCUT2D eigenvalue weighted by atomic mass is 9.85. The van der Waals surface area contributed by atoms with Gasteiger partial charge in [-0.3, -0.25) is 4.79 Å². The first kappa shape index (κ1) is 8.05. The molecule has 1 aliphatic heterocycles. The van der Waals surface area contributed by atoms with Crippen LogP contribution in [0.4, 0.5) is 0 Å². The molecule has 1 saturated heterocycles. The molecule has 12 heavy (non-hydrogen) atoms. The number of amides is 1. The number of hydrogen-bond donors (Lipinski definition) is 2. The van der Waals surface area contributed by atoms with E-state index in [0.29, 0.717) is 6.04 Å². The van der Waals surface area contributed by atoms with Crippen molar-refractivity contribution in [2.24, 2.45) is 11.7 Å². The maximum Gasteiger partial charge on any atom is 0.234 e. The molecule has 0 aromatic carbocycles. The second kappa shape index (κ2) is 3.05. The topological polar surface area (TPSA) is 55.1 Å². The molecule has 0 aromatic rings. The maximum absolute atomic E-state index is 10.9. The molecule has 3 nitrogen and oxygen atoms in total. The van der Waals surface area contributed by atoms with Crippen LogP contribution in [0.25, 0.3) is 0 Å². The summed E-state index contributed by atoms with van der Waals surface area (Å²) in [6.07, 6.45) is 6.11. The van der Waals surface area contributed by atoms with Gasteiger partial charge in [0.25, 0.3) is 0 Å². The zero-order valence-electron chi connectivity index (χ0n) is 7.25. The van der Waals surface area contributed by atoms with E-state index < -0.39 is 0 Å². The lowest BCUT2D eigenvalue weighted by molar-refractivity contribution is -0.119. The third-order valence-corrected chi connectivity index (χ3v) is 3.21. The molecule has 68 valence electrons. The Morgan fingerprint density at radius 1 is 1.33 bits per heavy atom. The van der Waals surface area contributed by atoms with Crippen LogP contribution in [0.15, 0.2) is 0 Å². The second-order valence-corrected chi connectivity index (χ2v) is 4.01. The molecule has 3 unspecified atom stereocenters. The van der Waals surface area contributed by atoms with Gasteiger partial charge in [0, 0.05) is 6.04 Å². The molecule has 2 rings (SSSR count). The molecular weight excluding hydrogens is 152 g/mol. The van der Waals surface area contributed by atoms with Crippen molar-refractivity contribution in [1.82, 2.24) is 5.32 Å². The van der Waals surface area contributed by atoms with Gasteiger partial charge < -0.3 is 11.1 Å². The summed E-state index contributed by atoms with van der Waals surface area (Å²) in [7, 11) is 0. The highest BCUT2D eigenvalue weighted by molar-refractivity contribution is 5.80. The predicted octanol–water partition coefficient (Wildman–Crippen LogP) is 0.392. The Kier molecular flexibility index (Phi) is 2.05. The van der Waals surface area contributed by atoms with E-state index in [1.807, 2.05) is 0 Å². The third-order valence-electron chi connectivity index (χ3n) is 3.21. The van der Waals surface area contributed by atoms with Gasteiger partial charge in [-0.1, -0.05) is 12.8 Å². The Morgan fingerprint density at radius 3 is 2.75 bits per heavy atom. The molecule has 1 heterocycles. The maximum atomic E-state index is 10.9. The van der Waals surface area contributed by atoms with Crippen LogP contribution in [-0.4, -0.2) is 18.0 Å². The van der Waals surface area contributed by atoms with Crippen LogP contribution < -0.4 is 11.1 Å². The number of carbonyl (C=O) groups is 1. The first-order valence-electron chi connectivity index (χ1n) is 4.83. The zero-order valence-corrected chi connectivity index (χ0v) is 7.25. The molecule has 0 aromatic heterocycles. The number of nitrogens with one attached hydrogen (secondary N) is 1. The zero-order chi connectivity index (χ0) is 8.55. The normalized spacial score (nSPS) is 40.8. The van der Waals surface area contributed by atoms with E-state index in [1.165, 1.54) is 25.7 Å². The number of fused-ring (bicyclic) bond motifs is 1. The van der Waals surface area contributed by atoms with E-state index in [-0.39, 0.29) is 11.9 Å². The Hall–Kier alpha value is -0.570. The molecule has 1 aliphatic carbocycles. The van der Waals surface area contributed by atoms with Gasteiger partial charge in [0.1, 0.15) is 0 Å². The monoisotopic (exact) mass is 168 g/mol. The minimum Gasteiger partial charge on any atom is -0.368 e. The lowest BCUT2D eigenvalue weighted by Gasteiger charge is -2.24. The van der Waals surface area contributed by atoms with Crippen LogP contribution in [0.2, 0.25) is 0 Å². The molecule has 2 aliphatic rings. The predicted molar refractivity (Wildman–Crippen MR) is 46.5 cm³/mol. The lowest BCUT2D eigenvalue weighted by Crippen LogP contribution is -2.40. The number of hydrogen-bond acceptors (Lipinski definition) is 2. The van der Waals surface area contributed by atoms with Gasteiger partial charge in [0.15, 0.2) is 0 Å². The highest BCUT2D eigenvalue weighted by atomic mass is 16.1. The van der Waals surface area contributed by atoms with Crippen molar-refractivity contribution >= 4 is 5.91 Å². The second-order valence-electron chi connectivity index (χ2n) is 4.01. The van der Waals surface area contributed by atoms with Crippen molar-refractivity contribution < 1.29 is 4.79 Å². The van der Waals surface area contributed by atoms with E-state index in [1.54, 1.807) is 0 Å². The van der Waals surface area contributed by atoms with Crippen LogP contribution in [0.3, 0.4) is 0 Å². The average Bonchev–Trinajstić information content (AvgIpc) is 2.46. The first-order valence-corrected chi connectivity index (χ1v) is 4.83. The Balaban J connectivity index is 1.98. The van der Waals surface area contributed by atoms with E-state index >= 15 is 0 Å². The van der Waals surface area contributed by atoms with Gasteiger partial charge in [-0.15, -0.1) is 0 Å². The molecule has 0 spiro atoms. The molecule has 1 amide bonds. The van der Waals surface area contributed by atoms with Crippen molar-refractivity contribution in [2.75, 3.05) is 0 Å². The summed E-state index contributed by atoms with van der Waals surface area (Å²) in [5, 5.41) is 3.32. The summed E-state index contributed by atoms with van der Waals surface area (Å²) in [6.45, 7) is 0. The van der Waals surface area contributed by atoms with Crippen molar-refractivity contribution in [2.45, 2.75) is 44.2 Å². The smallest absolute Gasteiger partial charge is 0.234 e. The number of rotatable bonds is 1. The molecule has 0 radical (unpaired) electrons. The Morgan fingerprint density at radius 2 is 2.08 bits per heavy atom. The van der Waals surface area contributed by atoms with E-state index in [4.69, 9.17) is 5.73 Å². The van der Waals surface area contributed by atoms with Crippen molar-refractivity contribution in [3.05, 3.63) is 0 Å². The fraction of sp³-hybridized carbons (Fsp3) is 0.889. The van der Waals surface area contributed by atoms with E-state index in [9.17, 15) is 4.79 Å². The number of carbonyl (C=O) groups excluding carboxylic acids is 1. The molecule has 3 N–H and O–H groups in total.